The molecule has 1 N–H and O–H groups in total. The van der Waals surface area contributed by atoms with Gasteiger partial charge in [0.1, 0.15) is 11.9 Å². The SMILES string of the molecule is Cc1cc(F)ccc1N1CCCC(NC(=O)c2csnc2C)C1=O. The van der Waals surface area contributed by atoms with E-state index in [-0.39, 0.29) is 17.6 Å². The fourth-order valence-corrected chi connectivity index (χ4v) is 3.61. The molecule has 2 aromatic rings. The summed E-state index contributed by atoms with van der Waals surface area (Å²) in [7, 11) is 0. The summed E-state index contributed by atoms with van der Waals surface area (Å²) in [6.45, 7) is 4.10. The molecule has 1 aliphatic rings. The Morgan fingerprint density at radius 1 is 1.42 bits per heavy atom. The highest BCUT2D eigenvalue weighted by Gasteiger charge is 2.32. The van der Waals surface area contributed by atoms with Crippen LogP contribution in [0.1, 0.15) is 34.5 Å². The molecule has 2 heterocycles. The Kier molecular flexibility index (Phi) is 4.62. The standard InChI is InChI=1S/C17H18FN3O2S/c1-10-8-12(18)5-6-15(10)21-7-3-4-14(17(21)23)19-16(22)13-9-24-20-11(13)2/h5-6,8-9,14H,3-4,7H2,1-2H3,(H,19,22). The third-order valence-corrected chi connectivity index (χ3v) is 4.91. The van der Waals surface area contributed by atoms with Crippen LogP contribution in [0, 0.1) is 19.7 Å². The van der Waals surface area contributed by atoms with E-state index >= 15 is 0 Å². The van der Waals surface area contributed by atoms with Gasteiger partial charge in [0.25, 0.3) is 5.91 Å². The van der Waals surface area contributed by atoms with Crippen molar-refractivity contribution < 1.29 is 14.0 Å². The molecule has 1 aliphatic heterocycles. The molecule has 0 radical (unpaired) electrons. The number of halogens is 1. The summed E-state index contributed by atoms with van der Waals surface area (Å²) in [4.78, 5) is 26.7. The normalized spacial score (nSPS) is 17.9. The average Bonchev–Trinajstić information content (AvgIpc) is 2.96. The van der Waals surface area contributed by atoms with Gasteiger partial charge in [-0.15, -0.1) is 0 Å². The predicted molar refractivity (Wildman–Crippen MR) is 90.8 cm³/mol. The maximum Gasteiger partial charge on any atom is 0.254 e. The number of rotatable bonds is 3. The van der Waals surface area contributed by atoms with Gasteiger partial charge >= 0.3 is 0 Å². The van der Waals surface area contributed by atoms with Gasteiger partial charge in [-0.25, -0.2) is 4.39 Å². The first-order chi connectivity index (χ1) is 11.5. The van der Waals surface area contributed by atoms with E-state index in [4.69, 9.17) is 0 Å². The van der Waals surface area contributed by atoms with Gasteiger partial charge < -0.3 is 10.2 Å². The fourth-order valence-electron chi connectivity index (χ4n) is 2.92. The molecule has 5 nitrogen and oxygen atoms in total. The van der Waals surface area contributed by atoms with Gasteiger partial charge in [0.15, 0.2) is 0 Å². The number of hydrogen-bond acceptors (Lipinski definition) is 4. The maximum absolute atomic E-state index is 13.3. The van der Waals surface area contributed by atoms with E-state index in [1.54, 1.807) is 30.2 Å². The number of aromatic nitrogens is 1. The first-order valence-electron chi connectivity index (χ1n) is 7.76. The van der Waals surface area contributed by atoms with Gasteiger partial charge in [0.2, 0.25) is 5.91 Å². The number of anilines is 1. The average molecular weight is 347 g/mol. The van der Waals surface area contributed by atoms with Gasteiger partial charge in [0.05, 0.1) is 11.3 Å². The van der Waals surface area contributed by atoms with Crippen LogP contribution in [0.25, 0.3) is 0 Å². The first kappa shape index (κ1) is 16.6. The largest absolute Gasteiger partial charge is 0.340 e. The van der Waals surface area contributed by atoms with Crippen LogP contribution in [0.3, 0.4) is 0 Å². The number of carbonyl (C=O) groups excluding carboxylic acids is 2. The molecule has 0 bridgehead atoms. The fraction of sp³-hybridized carbons (Fsp3) is 0.353. The zero-order valence-electron chi connectivity index (χ0n) is 13.5. The lowest BCUT2D eigenvalue weighted by molar-refractivity contribution is -0.121. The van der Waals surface area contributed by atoms with Crippen molar-refractivity contribution in [1.29, 1.82) is 0 Å². The Morgan fingerprint density at radius 3 is 2.88 bits per heavy atom. The third-order valence-electron chi connectivity index (χ3n) is 4.19. The highest BCUT2D eigenvalue weighted by Crippen LogP contribution is 2.25. The molecule has 0 saturated carbocycles. The minimum atomic E-state index is -0.574. The van der Waals surface area contributed by atoms with Crippen molar-refractivity contribution >= 4 is 29.0 Å². The van der Waals surface area contributed by atoms with Crippen LogP contribution in [0.15, 0.2) is 23.6 Å². The van der Waals surface area contributed by atoms with E-state index in [9.17, 15) is 14.0 Å². The lowest BCUT2D eigenvalue weighted by Crippen LogP contribution is -2.52. The first-order valence-corrected chi connectivity index (χ1v) is 8.60. The molecule has 7 heteroatoms. The van der Waals surface area contributed by atoms with Crippen LogP contribution in [0.4, 0.5) is 10.1 Å². The van der Waals surface area contributed by atoms with Crippen molar-refractivity contribution in [2.45, 2.75) is 32.7 Å². The number of carbonyl (C=O) groups is 2. The summed E-state index contributed by atoms with van der Waals surface area (Å²) in [6, 6.07) is 3.79. The highest BCUT2D eigenvalue weighted by molar-refractivity contribution is 7.03. The Hall–Kier alpha value is -2.28. The Labute approximate surface area is 143 Å². The number of nitrogens with one attached hydrogen (secondary N) is 1. The summed E-state index contributed by atoms with van der Waals surface area (Å²) in [5.74, 6) is -0.770. The molecule has 0 aliphatic carbocycles. The van der Waals surface area contributed by atoms with Crippen LogP contribution in [-0.4, -0.2) is 28.8 Å². The maximum atomic E-state index is 13.3. The topological polar surface area (TPSA) is 62.3 Å². The van der Waals surface area contributed by atoms with E-state index < -0.39 is 6.04 Å². The Morgan fingerprint density at radius 2 is 2.21 bits per heavy atom. The molecule has 24 heavy (non-hydrogen) atoms. The summed E-state index contributed by atoms with van der Waals surface area (Å²) < 4.78 is 17.4. The molecule has 0 spiro atoms. The van der Waals surface area contributed by atoms with Gasteiger partial charge in [-0.05, 0) is 62.0 Å². The van der Waals surface area contributed by atoms with Gasteiger partial charge in [0, 0.05) is 17.6 Å². The molecule has 126 valence electrons. The van der Waals surface area contributed by atoms with Crippen LogP contribution in [0.5, 0.6) is 0 Å². The Balaban J connectivity index is 1.78. The predicted octanol–water partition coefficient (Wildman–Crippen LogP) is 2.82. The third kappa shape index (κ3) is 3.17. The molecule has 3 rings (SSSR count). The van der Waals surface area contributed by atoms with Crippen molar-refractivity contribution in [2.75, 3.05) is 11.4 Å². The second-order valence-corrected chi connectivity index (χ2v) is 6.53. The zero-order valence-corrected chi connectivity index (χ0v) is 14.3. The van der Waals surface area contributed by atoms with Gasteiger partial charge in [-0.2, -0.15) is 4.37 Å². The van der Waals surface area contributed by atoms with E-state index in [2.05, 4.69) is 9.69 Å². The molecule has 1 aromatic heterocycles. The quantitative estimate of drug-likeness (QED) is 0.929. The van der Waals surface area contributed by atoms with Crippen LogP contribution < -0.4 is 10.2 Å². The lowest BCUT2D eigenvalue weighted by atomic mass is 10.0. The molecule has 2 amide bonds. The number of amides is 2. The molecular weight excluding hydrogens is 329 g/mol. The summed E-state index contributed by atoms with van der Waals surface area (Å²) in [5, 5.41) is 4.49. The van der Waals surface area contributed by atoms with E-state index in [1.165, 1.54) is 23.7 Å². The molecule has 1 unspecified atom stereocenters. The smallest absolute Gasteiger partial charge is 0.254 e. The van der Waals surface area contributed by atoms with Crippen molar-refractivity contribution in [3.05, 3.63) is 46.2 Å². The molecular formula is C17H18FN3O2S. The Bertz CT molecular complexity index is 790. The van der Waals surface area contributed by atoms with Gasteiger partial charge in [-0.1, -0.05) is 0 Å². The van der Waals surface area contributed by atoms with E-state index in [0.717, 1.165) is 6.42 Å². The lowest BCUT2D eigenvalue weighted by Gasteiger charge is -2.33. The minimum absolute atomic E-state index is 0.162. The number of aryl methyl sites for hydroxylation is 2. The summed E-state index contributed by atoms with van der Waals surface area (Å²) in [5.41, 5.74) is 2.55. The summed E-state index contributed by atoms with van der Waals surface area (Å²) in [6.07, 6.45) is 1.37. The molecule has 1 aromatic carbocycles. The van der Waals surface area contributed by atoms with E-state index in [0.29, 0.717) is 35.5 Å². The highest BCUT2D eigenvalue weighted by atomic mass is 32.1. The van der Waals surface area contributed by atoms with Gasteiger partial charge in [-0.3, -0.25) is 9.59 Å². The second-order valence-electron chi connectivity index (χ2n) is 5.90. The minimum Gasteiger partial charge on any atom is -0.340 e. The number of hydrogen-bond donors (Lipinski definition) is 1. The molecule has 1 atom stereocenters. The summed E-state index contributed by atoms with van der Waals surface area (Å²) >= 11 is 1.22. The zero-order chi connectivity index (χ0) is 17.3. The monoisotopic (exact) mass is 347 g/mol. The van der Waals surface area contributed by atoms with Crippen LogP contribution >= 0.6 is 11.5 Å². The molecule has 1 fully saturated rings. The van der Waals surface area contributed by atoms with Crippen molar-refractivity contribution in [1.82, 2.24) is 9.69 Å². The van der Waals surface area contributed by atoms with Crippen molar-refractivity contribution in [2.24, 2.45) is 0 Å². The van der Waals surface area contributed by atoms with Crippen LogP contribution in [0.2, 0.25) is 0 Å². The van der Waals surface area contributed by atoms with Crippen LogP contribution in [-0.2, 0) is 4.79 Å². The van der Waals surface area contributed by atoms with Crippen molar-refractivity contribution in [3.63, 3.8) is 0 Å². The van der Waals surface area contributed by atoms with E-state index in [1.807, 2.05) is 0 Å². The molecule has 1 saturated heterocycles. The second kappa shape index (κ2) is 6.68. The number of nitrogens with zero attached hydrogens (tertiary/aromatic N) is 2. The van der Waals surface area contributed by atoms with Crippen molar-refractivity contribution in [3.8, 4) is 0 Å². The number of benzene rings is 1. The number of piperidine rings is 1.